The Hall–Kier alpha value is -2.83. The summed E-state index contributed by atoms with van der Waals surface area (Å²) in [5.74, 6) is 0.625. The van der Waals surface area contributed by atoms with Crippen molar-refractivity contribution in [2.24, 2.45) is 0 Å². The second-order valence-electron chi connectivity index (χ2n) is 5.93. The lowest BCUT2D eigenvalue weighted by molar-refractivity contribution is -0.122. The standard InChI is InChI=1S/C18H22N4O3/c1-2-14(20-16(23)8-9-22-10-11-25-18(22)24)17-19-12-15(21-17)13-6-4-3-5-7-13/h3-7,12,14H,2,8-11H2,1H3,(H,19,21)(H,20,23)/t14-/m1/s1. The summed E-state index contributed by atoms with van der Waals surface area (Å²) in [7, 11) is 0. The van der Waals surface area contributed by atoms with Gasteiger partial charge < -0.3 is 19.9 Å². The highest BCUT2D eigenvalue weighted by Crippen LogP contribution is 2.20. The number of nitrogens with zero attached hydrogens (tertiary/aromatic N) is 2. The van der Waals surface area contributed by atoms with Gasteiger partial charge in [0.2, 0.25) is 5.91 Å². The fraction of sp³-hybridized carbons (Fsp3) is 0.389. The van der Waals surface area contributed by atoms with Crippen molar-refractivity contribution in [3.63, 3.8) is 0 Å². The van der Waals surface area contributed by atoms with Gasteiger partial charge in [-0.15, -0.1) is 0 Å². The summed E-state index contributed by atoms with van der Waals surface area (Å²) in [5.41, 5.74) is 1.97. The van der Waals surface area contributed by atoms with E-state index in [1.807, 2.05) is 37.3 Å². The van der Waals surface area contributed by atoms with Crippen molar-refractivity contribution in [2.45, 2.75) is 25.8 Å². The summed E-state index contributed by atoms with van der Waals surface area (Å²) < 4.78 is 4.85. The van der Waals surface area contributed by atoms with Crippen molar-refractivity contribution in [1.82, 2.24) is 20.2 Å². The van der Waals surface area contributed by atoms with E-state index in [4.69, 9.17) is 4.74 Å². The van der Waals surface area contributed by atoms with Crippen molar-refractivity contribution in [1.29, 1.82) is 0 Å². The molecule has 2 amide bonds. The van der Waals surface area contributed by atoms with Gasteiger partial charge in [0.15, 0.2) is 0 Å². The number of carbonyl (C=O) groups excluding carboxylic acids is 2. The van der Waals surface area contributed by atoms with Gasteiger partial charge in [0, 0.05) is 13.0 Å². The Morgan fingerprint density at radius 2 is 2.20 bits per heavy atom. The van der Waals surface area contributed by atoms with Gasteiger partial charge in [-0.25, -0.2) is 9.78 Å². The summed E-state index contributed by atoms with van der Waals surface area (Å²) in [5, 5.41) is 2.98. The first-order valence-corrected chi connectivity index (χ1v) is 8.48. The van der Waals surface area contributed by atoms with Crippen LogP contribution in [0.15, 0.2) is 36.5 Å². The van der Waals surface area contributed by atoms with Gasteiger partial charge in [0.05, 0.1) is 24.5 Å². The van der Waals surface area contributed by atoms with Gasteiger partial charge in [0.25, 0.3) is 0 Å². The summed E-state index contributed by atoms with van der Waals surface area (Å²) in [6, 6.07) is 9.73. The predicted octanol–water partition coefficient (Wildman–Crippen LogP) is 2.49. The van der Waals surface area contributed by atoms with Crippen LogP contribution in [0.3, 0.4) is 0 Å². The summed E-state index contributed by atoms with van der Waals surface area (Å²) in [6.07, 6.45) is 2.40. The van der Waals surface area contributed by atoms with E-state index in [1.54, 1.807) is 11.1 Å². The molecule has 0 unspecified atom stereocenters. The number of amides is 2. The lowest BCUT2D eigenvalue weighted by Crippen LogP contribution is -2.33. The predicted molar refractivity (Wildman–Crippen MR) is 92.7 cm³/mol. The van der Waals surface area contributed by atoms with E-state index in [0.29, 0.717) is 19.7 Å². The van der Waals surface area contributed by atoms with E-state index in [-0.39, 0.29) is 24.5 Å². The molecule has 132 valence electrons. The van der Waals surface area contributed by atoms with Crippen molar-refractivity contribution in [2.75, 3.05) is 19.7 Å². The fourth-order valence-electron chi connectivity index (χ4n) is 2.77. The third kappa shape index (κ3) is 4.17. The number of aromatic amines is 1. The maximum atomic E-state index is 12.2. The van der Waals surface area contributed by atoms with Crippen LogP contribution in [0, 0.1) is 0 Å². The van der Waals surface area contributed by atoms with E-state index in [9.17, 15) is 9.59 Å². The van der Waals surface area contributed by atoms with Gasteiger partial charge in [-0.2, -0.15) is 0 Å². The average Bonchev–Trinajstić information content (AvgIpc) is 3.28. The third-order valence-electron chi connectivity index (χ3n) is 4.21. The van der Waals surface area contributed by atoms with E-state index in [2.05, 4.69) is 15.3 Å². The molecule has 1 aliphatic heterocycles. The zero-order chi connectivity index (χ0) is 17.6. The first-order chi connectivity index (χ1) is 12.2. The smallest absolute Gasteiger partial charge is 0.409 e. The Morgan fingerprint density at radius 1 is 1.40 bits per heavy atom. The van der Waals surface area contributed by atoms with Gasteiger partial charge in [-0.3, -0.25) is 4.79 Å². The summed E-state index contributed by atoms with van der Waals surface area (Å²) in [4.78, 5) is 32.8. The molecule has 1 saturated heterocycles. The first-order valence-electron chi connectivity index (χ1n) is 8.48. The van der Waals surface area contributed by atoms with Gasteiger partial charge in [0.1, 0.15) is 12.4 Å². The molecule has 0 spiro atoms. The van der Waals surface area contributed by atoms with Crippen LogP contribution in [0.2, 0.25) is 0 Å². The maximum absolute atomic E-state index is 12.2. The van der Waals surface area contributed by atoms with Crippen molar-refractivity contribution < 1.29 is 14.3 Å². The number of cyclic esters (lactones) is 1. The number of imidazole rings is 1. The monoisotopic (exact) mass is 342 g/mol. The van der Waals surface area contributed by atoms with E-state index < -0.39 is 0 Å². The van der Waals surface area contributed by atoms with Crippen molar-refractivity contribution >= 4 is 12.0 Å². The number of aromatic nitrogens is 2. The Balaban J connectivity index is 1.58. The Kier molecular flexibility index (Phi) is 5.33. The molecule has 1 aliphatic rings. The van der Waals surface area contributed by atoms with Gasteiger partial charge >= 0.3 is 6.09 Å². The average molecular weight is 342 g/mol. The van der Waals surface area contributed by atoms with Crippen molar-refractivity contribution in [3.8, 4) is 11.3 Å². The van der Waals surface area contributed by atoms with Crippen molar-refractivity contribution in [3.05, 3.63) is 42.4 Å². The van der Waals surface area contributed by atoms with E-state index in [0.717, 1.165) is 23.5 Å². The molecule has 0 bridgehead atoms. The number of nitrogens with one attached hydrogen (secondary N) is 2. The number of carbonyl (C=O) groups is 2. The molecule has 1 aromatic carbocycles. The molecule has 2 heterocycles. The summed E-state index contributed by atoms with van der Waals surface area (Å²) in [6.45, 7) is 3.30. The minimum Gasteiger partial charge on any atom is -0.448 e. The molecule has 7 heteroatoms. The second kappa shape index (κ2) is 7.83. The first kappa shape index (κ1) is 17.0. The molecule has 3 rings (SSSR count). The molecule has 1 fully saturated rings. The number of H-pyrrole nitrogens is 1. The molecule has 1 aromatic heterocycles. The lowest BCUT2D eigenvalue weighted by atomic mass is 10.2. The maximum Gasteiger partial charge on any atom is 0.409 e. The number of rotatable bonds is 7. The van der Waals surface area contributed by atoms with Crippen LogP contribution in [0.4, 0.5) is 4.79 Å². The number of benzene rings is 1. The number of ether oxygens (including phenoxy) is 1. The van der Waals surface area contributed by atoms with Crippen LogP contribution < -0.4 is 5.32 Å². The Bertz CT molecular complexity index is 729. The number of hydrogen-bond acceptors (Lipinski definition) is 4. The highest BCUT2D eigenvalue weighted by molar-refractivity contribution is 5.77. The second-order valence-corrected chi connectivity index (χ2v) is 5.93. The van der Waals surface area contributed by atoms with Gasteiger partial charge in [-0.1, -0.05) is 37.3 Å². The lowest BCUT2D eigenvalue weighted by Gasteiger charge is -2.16. The van der Waals surface area contributed by atoms with Gasteiger partial charge in [-0.05, 0) is 12.0 Å². The largest absolute Gasteiger partial charge is 0.448 e. The topological polar surface area (TPSA) is 87.3 Å². The zero-order valence-electron chi connectivity index (χ0n) is 14.2. The molecule has 0 aliphatic carbocycles. The van der Waals surface area contributed by atoms with E-state index >= 15 is 0 Å². The molecule has 25 heavy (non-hydrogen) atoms. The minimum absolute atomic E-state index is 0.107. The molecule has 1 atom stereocenters. The molecular weight excluding hydrogens is 320 g/mol. The minimum atomic E-state index is -0.349. The molecule has 0 saturated carbocycles. The molecule has 7 nitrogen and oxygen atoms in total. The van der Waals surface area contributed by atoms with Crippen LogP contribution in [0.1, 0.15) is 31.6 Å². The normalized spacial score (nSPS) is 15.1. The molecule has 0 radical (unpaired) electrons. The fourth-order valence-corrected chi connectivity index (χ4v) is 2.77. The van der Waals surface area contributed by atoms with Crippen LogP contribution in [0.5, 0.6) is 0 Å². The highest BCUT2D eigenvalue weighted by Gasteiger charge is 2.23. The number of hydrogen-bond donors (Lipinski definition) is 2. The molecular formula is C18H22N4O3. The Labute approximate surface area is 146 Å². The highest BCUT2D eigenvalue weighted by atomic mass is 16.6. The molecule has 2 aromatic rings. The quantitative estimate of drug-likeness (QED) is 0.809. The zero-order valence-corrected chi connectivity index (χ0v) is 14.2. The van der Waals surface area contributed by atoms with Crippen LogP contribution >= 0.6 is 0 Å². The van der Waals surface area contributed by atoms with Crippen LogP contribution in [-0.4, -0.2) is 46.6 Å². The third-order valence-corrected chi connectivity index (χ3v) is 4.21. The summed E-state index contributed by atoms with van der Waals surface area (Å²) >= 11 is 0. The van der Waals surface area contributed by atoms with E-state index in [1.165, 1.54) is 0 Å². The van der Waals surface area contributed by atoms with Crippen LogP contribution in [-0.2, 0) is 9.53 Å². The molecule has 2 N–H and O–H groups in total. The Morgan fingerprint density at radius 3 is 2.88 bits per heavy atom. The van der Waals surface area contributed by atoms with Crippen LogP contribution in [0.25, 0.3) is 11.3 Å². The SMILES string of the molecule is CC[C@@H](NC(=O)CCN1CCOC1=O)c1ncc(-c2ccccc2)[nH]1.